The van der Waals surface area contributed by atoms with Gasteiger partial charge in [0, 0.05) is 25.2 Å². The van der Waals surface area contributed by atoms with Crippen LogP contribution in [0.25, 0.3) is 0 Å². The van der Waals surface area contributed by atoms with Crippen LogP contribution in [0.1, 0.15) is 34.3 Å². The number of para-hydroxylation sites is 1. The van der Waals surface area contributed by atoms with Crippen LogP contribution in [0.5, 0.6) is 0 Å². The van der Waals surface area contributed by atoms with Crippen LogP contribution in [0.2, 0.25) is 0 Å². The first-order valence-electron chi connectivity index (χ1n) is 8.62. The molecular weight excluding hydrogens is 300 g/mol. The number of amides is 1. The molecule has 2 aromatic rings. The van der Waals surface area contributed by atoms with Gasteiger partial charge in [0.1, 0.15) is 6.17 Å². The number of fused-ring (bicyclic) bond motifs is 6. The normalized spacial score (nSPS) is 23.9. The Balaban J connectivity index is 1.72. The summed E-state index contributed by atoms with van der Waals surface area (Å²) in [5, 5.41) is 3.31. The van der Waals surface area contributed by atoms with Crippen molar-refractivity contribution in [2.24, 2.45) is 0 Å². The van der Waals surface area contributed by atoms with Crippen LogP contribution in [-0.4, -0.2) is 25.3 Å². The predicted molar refractivity (Wildman–Crippen MR) is 92.1 cm³/mol. The fourth-order valence-corrected chi connectivity index (χ4v) is 4.70. The Morgan fingerprint density at radius 2 is 1.79 bits per heavy atom. The number of rotatable bonds is 0. The van der Waals surface area contributed by atoms with Crippen LogP contribution in [0.3, 0.4) is 0 Å². The summed E-state index contributed by atoms with van der Waals surface area (Å²) in [5.74, 6) is 0.0390. The maximum Gasteiger partial charge on any atom is 0.255 e. The second-order valence-corrected chi connectivity index (χ2v) is 6.95. The monoisotopic (exact) mass is 320 g/mol. The van der Waals surface area contributed by atoms with Crippen molar-refractivity contribution < 1.29 is 9.53 Å². The Bertz CT molecular complexity index is 811. The molecule has 0 unspecified atom stereocenters. The zero-order chi connectivity index (χ0) is 16.1. The van der Waals surface area contributed by atoms with E-state index in [1.807, 2.05) is 18.2 Å². The maximum atomic E-state index is 12.7. The van der Waals surface area contributed by atoms with Crippen molar-refractivity contribution in [3.05, 3.63) is 65.2 Å². The van der Waals surface area contributed by atoms with E-state index in [0.717, 1.165) is 43.9 Å². The molecule has 1 amide bonds. The van der Waals surface area contributed by atoms with Gasteiger partial charge < -0.3 is 15.0 Å². The maximum absolute atomic E-state index is 12.7. The summed E-state index contributed by atoms with van der Waals surface area (Å²) in [6.45, 7) is 2.33. The van der Waals surface area contributed by atoms with Crippen LogP contribution >= 0.6 is 0 Å². The minimum Gasteiger partial charge on any atom is -0.381 e. The number of nitrogens with zero attached hydrogens (tertiary/aromatic N) is 1. The molecular formula is C20H20N2O2. The number of anilines is 1. The third-order valence-corrected chi connectivity index (χ3v) is 5.84. The second kappa shape index (κ2) is 5.08. The molecule has 1 N–H and O–H groups in total. The van der Waals surface area contributed by atoms with Gasteiger partial charge in [-0.3, -0.25) is 4.79 Å². The SMILES string of the molecule is O=C1N[C@H]2N(Cc3ccccc3C23CCOCC3)c2ccccc21. The van der Waals surface area contributed by atoms with Crippen molar-refractivity contribution in [2.75, 3.05) is 18.1 Å². The topological polar surface area (TPSA) is 41.6 Å². The Hall–Kier alpha value is -2.33. The minimum atomic E-state index is -0.0731. The highest BCUT2D eigenvalue weighted by molar-refractivity contribution is 6.02. The summed E-state index contributed by atoms with van der Waals surface area (Å²) in [4.78, 5) is 15.1. The molecule has 24 heavy (non-hydrogen) atoms. The summed E-state index contributed by atoms with van der Waals surface area (Å²) in [7, 11) is 0. The zero-order valence-corrected chi connectivity index (χ0v) is 13.5. The van der Waals surface area contributed by atoms with E-state index in [2.05, 4.69) is 40.5 Å². The van der Waals surface area contributed by atoms with Crippen molar-refractivity contribution in [2.45, 2.75) is 31.0 Å². The molecule has 1 atom stereocenters. The second-order valence-electron chi connectivity index (χ2n) is 6.95. The van der Waals surface area contributed by atoms with Gasteiger partial charge in [-0.05, 0) is 36.1 Å². The van der Waals surface area contributed by atoms with Crippen molar-refractivity contribution in [1.29, 1.82) is 0 Å². The zero-order valence-electron chi connectivity index (χ0n) is 13.5. The first kappa shape index (κ1) is 14.1. The molecule has 1 fully saturated rings. The molecule has 0 aromatic heterocycles. The molecule has 0 radical (unpaired) electrons. The average molecular weight is 320 g/mol. The lowest BCUT2D eigenvalue weighted by molar-refractivity contribution is 0.0284. The molecule has 0 saturated carbocycles. The highest BCUT2D eigenvalue weighted by atomic mass is 16.5. The fourth-order valence-electron chi connectivity index (χ4n) is 4.70. The number of carbonyl (C=O) groups is 1. The Labute approximate surface area is 141 Å². The predicted octanol–water partition coefficient (Wildman–Crippen LogP) is 2.82. The smallest absolute Gasteiger partial charge is 0.255 e. The van der Waals surface area contributed by atoms with Gasteiger partial charge in [0.05, 0.1) is 11.3 Å². The largest absolute Gasteiger partial charge is 0.381 e. The fraction of sp³-hybridized carbons (Fsp3) is 0.350. The summed E-state index contributed by atoms with van der Waals surface area (Å²) in [6, 6.07) is 16.6. The van der Waals surface area contributed by atoms with Gasteiger partial charge in [-0.25, -0.2) is 0 Å². The number of hydrogen-bond donors (Lipinski definition) is 1. The molecule has 3 aliphatic rings. The van der Waals surface area contributed by atoms with E-state index in [0.29, 0.717) is 0 Å². The Morgan fingerprint density at radius 1 is 1.04 bits per heavy atom. The van der Waals surface area contributed by atoms with Crippen molar-refractivity contribution >= 4 is 11.6 Å². The van der Waals surface area contributed by atoms with Gasteiger partial charge in [0.2, 0.25) is 0 Å². The van der Waals surface area contributed by atoms with E-state index in [1.165, 1.54) is 11.1 Å². The number of nitrogens with one attached hydrogen (secondary N) is 1. The van der Waals surface area contributed by atoms with E-state index in [1.54, 1.807) is 0 Å². The lowest BCUT2D eigenvalue weighted by Crippen LogP contribution is -2.66. The first-order chi connectivity index (χ1) is 11.8. The summed E-state index contributed by atoms with van der Waals surface area (Å²) >= 11 is 0. The van der Waals surface area contributed by atoms with Crippen LogP contribution in [0.15, 0.2) is 48.5 Å². The average Bonchev–Trinajstić information content (AvgIpc) is 2.64. The highest BCUT2D eigenvalue weighted by Crippen LogP contribution is 2.47. The molecule has 122 valence electrons. The molecule has 1 saturated heterocycles. The highest BCUT2D eigenvalue weighted by Gasteiger charge is 2.51. The molecule has 2 aromatic carbocycles. The van der Waals surface area contributed by atoms with Gasteiger partial charge in [0.15, 0.2) is 0 Å². The lowest BCUT2D eigenvalue weighted by atomic mass is 9.66. The summed E-state index contributed by atoms with van der Waals surface area (Å²) in [6.07, 6.45) is 1.88. The lowest BCUT2D eigenvalue weighted by Gasteiger charge is -2.55. The van der Waals surface area contributed by atoms with E-state index in [-0.39, 0.29) is 17.5 Å². The molecule has 0 aliphatic carbocycles. The molecule has 4 heteroatoms. The molecule has 4 nitrogen and oxygen atoms in total. The molecule has 0 bridgehead atoms. The van der Waals surface area contributed by atoms with Crippen molar-refractivity contribution in [3.8, 4) is 0 Å². The standard InChI is InChI=1S/C20H20N2O2/c23-18-15-6-2-4-8-17(15)22-13-14-5-1-3-7-16(14)20(19(22)21-18)9-11-24-12-10-20/h1-8,19H,9-13H2,(H,21,23)/t19-/m0/s1. The van der Waals surface area contributed by atoms with Crippen LogP contribution < -0.4 is 10.2 Å². The van der Waals surface area contributed by atoms with Crippen LogP contribution in [0, 0.1) is 0 Å². The Kier molecular flexibility index (Phi) is 2.98. The quantitative estimate of drug-likeness (QED) is 0.811. The molecule has 5 rings (SSSR count). The van der Waals surface area contributed by atoms with E-state index < -0.39 is 0 Å². The number of ether oxygens (including phenoxy) is 1. The minimum absolute atomic E-state index is 0.00120. The molecule has 3 aliphatic heterocycles. The van der Waals surface area contributed by atoms with Crippen molar-refractivity contribution in [1.82, 2.24) is 5.32 Å². The number of carbonyl (C=O) groups excluding carboxylic acids is 1. The third kappa shape index (κ3) is 1.80. The summed E-state index contributed by atoms with van der Waals surface area (Å²) < 4.78 is 5.66. The molecule has 1 spiro atoms. The van der Waals surface area contributed by atoms with Crippen LogP contribution in [0.4, 0.5) is 5.69 Å². The molecule has 3 heterocycles. The van der Waals surface area contributed by atoms with E-state index in [4.69, 9.17) is 4.74 Å². The van der Waals surface area contributed by atoms with Gasteiger partial charge in [-0.2, -0.15) is 0 Å². The summed E-state index contributed by atoms with van der Waals surface area (Å²) in [5.41, 5.74) is 4.49. The van der Waals surface area contributed by atoms with E-state index >= 15 is 0 Å². The first-order valence-corrected chi connectivity index (χ1v) is 8.62. The van der Waals surface area contributed by atoms with Gasteiger partial charge >= 0.3 is 0 Å². The van der Waals surface area contributed by atoms with Gasteiger partial charge in [-0.15, -0.1) is 0 Å². The Morgan fingerprint density at radius 3 is 2.67 bits per heavy atom. The van der Waals surface area contributed by atoms with Gasteiger partial charge in [-0.1, -0.05) is 36.4 Å². The third-order valence-electron chi connectivity index (χ3n) is 5.84. The van der Waals surface area contributed by atoms with Crippen LogP contribution in [-0.2, 0) is 16.7 Å². The van der Waals surface area contributed by atoms with Gasteiger partial charge in [0.25, 0.3) is 5.91 Å². The number of hydrogen-bond acceptors (Lipinski definition) is 3. The van der Waals surface area contributed by atoms with Crippen molar-refractivity contribution in [3.63, 3.8) is 0 Å². The van der Waals surface area contributed by atoms with E-state index in [9.17, 15) is 4.79 Å². The number of benzene rings is 2.